The van der Waals surface area contributed by atoms with Crippen LogP contribution in [-0.4, -0.2) is 66.4 Å². The Kier molecular flexibility index (Phi) is 6.40. The molecule has 0 spiro atoms. The van der Waals surface area contributed by atoms with E-state index in [4.69, 9.17) is 21.9 Å². The molecule has 0 N–H and O–H groups in total. The largest absolute Gasteiger partial charge is 0.429 e. The molecule has 4 heterocycles. The minimum absolute atomic E-state index is 0.278. The number of sulfonamides is 1. The van der Waals surface area contributed by atoms with Crippen molar-refractivity contribution in [2.24, 2.45) is 0 Å². The van der Waals surface area contributed by atoms with Gasteiger partial charge in [-0.15, -0.1) is 0 Å². The van der Waals surface area contributed by atoms with E-state index >= 15 is 0 Å². The Hall–Kier alpha value is -2.78. The van der Waals surface area contributed by atoms with Crippen molar-refractivity contribution in [3.8, 4) is 6.07 Å². The van der Waals surface area contributed by atoms with E-state index in [1.807, 2.05) is 4.57 Å². The summed E-state index contributed by atoms with van der Waals surface area (Å²) in [6.45, 7) is 4.72. The summed E-state index contributed by atoms with van der Waals surface area (Å²) in [5.74, 6) is 0.802. The van der Waals surface area contributed by atoms with Gasteiger partial charge in [-0.3, -0.25) is 9.47 Å². The quantitative estimate of drug-likeness (QED) is 0.495. The second kappa shape index (κ2) is 9.46. The van der Waals surface area contributed by atoms with Gasteiger partial charge in [-0.25, -0.2) is 13.4 Å². The fraction of sp³-hybridized carbons (Fsp3) is 0.435. The number of hydrogen-bond donors (Lipinski definition) is 0. The Morgan fingerprint density at radius 3 is 2.53 bits per heavy atom. The van der Waals surface area contributed by atoms with Crippen molar-refractivity contribution in [3.05, 3.63) is 46.9 Å². The fourth-order valence-electron chi connectivity index (χ4n) is 4.57. The molecule has 0 saturated carbocycles. The summed E-state index contributed by atoms with van der Waals surface area (Å²) in [6.07, 6.45) is 4.52. The van der Waals surface area contributed by atoms with Crippen molar-refractivity contribution in [2.45, 2.75) is 30.8 Å². The van der Waals surface area contributed by atoms with Gasteiger partial charge >= 0.3 is 0 Å². The predicted molar refractivity (Wildman–Crippen MR) is 130 cm³/mol. The molecule has 34 heavy (non-hydrogen) atoms. The molecule has 0 atom stereocenters. The Bertz CT molecular complexity index is 1390. The van der Waals surface area contributed by atoms with Gasteiger partial charge in [-0.2, -0.15) is 9.57 Å². The summed E-state index contributed by atoms with van der Waals surface area (Å²) in [5.41, 5.74) is 1.87. The van der Waals surface area contributed by atoms with Gasteiger partial charge in [0.05, 0.1) is 28.7 Å². The third kappa shape index (κ3) is 4.46. The minimum atomic E-state index is -3.54. The summed E-state index contributed by atoms with van der Waals surface area (Å²) in [7, 11) is -3.54. The first-order chi connectivity index (χ1) is 16.5. The topological polar surface area (TPSA) is 98.6 Å². The van der Waals surface area contributed by atoms with Crippen LogP contribution in [0.3, 0.4) is 0 Å². The van der Waals surface area contributed by atoms with Crippen molar-refractivity contribution in [1.82, 2.24) is 18.8 Å². The Balaban J connectivity index is 1.34. The van der Waals surface area contributed by atoms with Gasteiger partial charge in [0.25, 0.3) is 4.84 Å². The summed E-state index contributed by atoms with van der Waals surface area (Å²) in [5, 5.41) is 9.14. The molecule has 9 nitrogen and oxygen atoms in total. The van der Waals surface area contributed by atoms with Gasteiger partial charge in [0.2, 0.25) is 10.0 Å². The van der Waals surface area contributed by atoms with Gasteiger partial charge < -0.3 is 9.32 Å². The number of anilines is 1. The number of aromatic nitrogens is 2. The molecule has 1 aromatic carbocycles. The number of oxazole rings is 1. The number of piperidine rings is 1. The van der Waals surface area contributed by atoms with Crippen molar-refractivity contribution in [1.29, 1.82) is 5.26 Å². The van der Waals surface area contributed by atoms with Crippen LogP contribution in [0, 0.1) is 16.2 Å². The molecule has 5 rings (SSSR count). The molecule has 0 bridgehead atoms. The number of fused-ring (bicyclic) bond motifs is 1. The van der Waals surface area contributed by atoms with Crippen LogP contribution in [0.25, 0.3) is 11.1 Å². The molecular formula is C23H26N6O3S2. The highest BCUT2D eigenvalue weighted by Gasteiger charge is 2.27. The smallest absolute Gasteiger partial charge is 0.270 e. The number of piperazine rings is 1. The second-order valence-electron chi connectivity index (χ2n) is 8.65. The lowest BCUT2D eigenvalue weighted by molar-refractivity contribution is 0.204. The zero-order valence-corrected chi connectivity index (χ0v) is 20.4. The van der Waals surface area contributed by atoms with Crippen molar-refractivity contribution in [2.75, 3.05) is 44.2 Å². The maximum Gasteiger partial charge on any atom is 0.270 e. The standard InChI is InChI=1S/C23H26N6O3S2/c24-16-18-6-7-25-22(14-18)27-12-10-26(11-13-27)17-29-20-15-19(4-5-21(20)32-23(29)33)34(30,31)28-8-2-1-3-9-28/h4-7,14-15H,1-3,8-13,17H2. The predicted octanol–water partition coefficient (Wildman–Crippen LogP) is 3.18. The van der Waals surface area contributed by atoms with E-state index in [0.717, 1.165) is 51.3 Å². The molecule has 0 amide bonds. The van der Waals surface area contributed by atoms with Crippen LogP contribution < -0.4 is 4.90 Å². The molecule has 0 aliphatic carbocycles. The molecule has 178 valence electrons. The second-order valence-corrected chi connectivity index (χ2v) is 10.9. The van der Waals surface area contributed by atoms with E-state index < -0.39 is 10.0 Å². The van der Waals surface area contributed by atoms with E-state index in [0.29, 0.717) is 41.3 Å². The highest BCUT2D eigenvalue weighted by atomic mass is 32.2. The Labute approximate surface area is 203 Å². The molecular weight excluding hydrogens is 472 g/mol. The van der Waals surface area contributed by atoms with E-state index in [2.05, 4.69) is 20.9 Å². The lowest BCUT2D eigenvalue weighted by atomic mass is 10.2. The van der Waals surface area contributed by atoms with Crippen LogP contribution in [0.4, 0.5) is 5.82 Å². The third-order valence-corrected chi connectivity index (χ3v) is 8.70. The summed E-state index contributed by atoms with van der Waals surface area (Å²) in [6, 6.07) is 10.7. The van der Waals surface area contributed by atoms with E-state index in [9.17, 15) is 8.42 Å². The zero-order chi connectivity index (χ0) is 23.7. The van der Waals surface area contributed by atoms with Gasteiger partial charge in [0.1, 0.15) is 5.82 Å². The number of nitriles is 1. The monoisotopic (exact) mass is 498 g/mol. The summed E-state index contributed by atoms with van der Waals surface area (Å²) >= 11 is 5.47. The lowest BCUT2D eigenvalue weighted by Crippen LogP contribution is -2.47. The molecule has 0 radical (unpaired) electrons. The maximum atomic E-state index is 13.2. The zero-order valence-electron chi connectivity index (χ0n) is 18.8. The van der Waals surface area contributed by atoms with Crippen LogP contribution in [0.2, 0.25) is 0 Å². The number of nitrogens with zero attached hydrogens (tertiary/aromatic N) is 6. The van der Waals surface area contributed by atoms with Crippen molar-refractivity contribution in [3.63, 3.8) is 0 Å². The normalized spacial score (nSPS) is 18.3. The highest BCUT2D eigenvalue weighted by Crippen LogP contribution is 2.26. The summed E-state index contributed by atoms with van der Waals surface area (Å²) < 4.78 is 35.5. The average molecular weight is 499 g/mol. The minimum Gasteiger partial charge on any atom is -0.429 e. The van der Waals surface area contributed by atoms with E-state index in [1.54, 1.807) is 40.8 Å². The fourth-order valence-corrected chi connectivity index (χ4v) is 6.35. The average Bonchev–Trinajstić information content (AvgIpc) is 3.19. The number of hydrogen-bond acceptors (Lipinski definition) is 8. The van der Waals surface area contributed by atoms with Gasteiger partial charge in [-0.05, 0) is 55.4 Å². The van der Waals surface area contributed by atoms with Gasteiger partial charge in [-0.1, -0.05) is 6.42 Å². The molecule has 11 heteroatoms. The highest BCUT2D eigenvalue weighted by molar-refractivity contribution is 7.89. The van der Waals surface area contributed by atoms with E-state index in [-0.39, 0.29) is 4.90 Å². The first-order valence-corrected chi connectivity index (χ1v) is 13.3. The number of rotatable bonds is 5. The van der Waals surface area contributed by atoms with Crippen LogP contribution in [0.15, 0.2) is 45.8 Å². The molecule has 2 aliphatic heterocycles. The molecule has 2 aromatic heterocycles. The lowest BCUT2D eigenvalue weighted by Gasteiger charge is -2.35. The SMILES string of the molecule is N#Cc1ccnc(N2CCN(Cn3c(=S)oc4ccc(S(=O)(=O)N5CCCCC5)cc43)CC2)c1. The molecule has 0 unspecified atom stereocenters. The van der Waals surface area contributed by atoms with Crippen LogP contribution in [-0.2, 0) is 16.7 Å². The van der Waals surface area contributed by atoms with Crippen LogP contribution in [0.1, 0.15) is 24.8 Å². The van der Waals surface area contributed by atoms with Crippen molar-refractivity contribution < 1.29 is 12.8 Å². The number of benzene rings is 1. The van der Waals surface area contributed by atoms with Gasteiger partial charge in [0.15, 0.2) is 5.58 Å². The Morgan fingerprint density at radius 1 is 1.03 bits per heavy atom. The first-order valence-electron chi connectivity index (χ1n) is 11.4. The molecule has 3 aromatic rings. The Morgan fingerprint density at radius 2 is 1.79 bits per heavy atom. The molecule has 2 aliphatic rings. The number of pyridine rings is 1. The molecule has 2 fully saturated rings. The van der Waals surface area contributed by atoms with Crippen LogP contribution in [0.5, 0.6) is 0 Å². The maximum absolute atomic E-state index is 13.2. The molecule has 2 saturated heterocycles. The first kappa shape index (κ1) is 23.0. The van der Waals surface area contributed by atoms with Gasteiger partial charge in [0, 0.05) is 45.5 Å². The summed E-state index contributed by atoms with van der Waals surface area (Å²) in [4.78, 5) is 9.41. The van der Waals surface area contributed by atoms with Crippen molar-refractivity contribution >= 4 is 39.2 Å². The van der Waals surface area contributed by atoms with Crippen LogP contribution >= 0.6 is 12.2 Å². The van der Waals surface area contributed by atoms with E-state index in [1.165, 1.54) is 0 Å². The third-order valence-electron chi connectivity index (χ3n) is 6.50.